The molecule has 0 spiro atoms. The average molecular weight is 347 g/mol. The molecule has 0 unspecified atom stereocenters. The Balaban J connectivity index is 1.55. The van der Waals surface area contributed by atoms with E-state index in [-0.39, 0.29) is 24.1 Å². The van der Waals surface area contributed by atoms with E-state index in [4.69, 9.17) is 0 Å². The molecular weight excluding hydrogens is 330 g/mol. The molecule has 2 aromatic carbocycles. The number of aromatic nitrogens is 4. The second-order valence-electron chi connectivity index (χ2n) is 6.10. The lowest BCUT2D eigenvalue weighted by atomic mass is 10.3. The minimum Gasteiger partial charge on any atom is -0.345 e. The maximum atomic E-state index is 12.5. The Bertz CT molecular complexity index is 1130. The molecule has 0 fully saturated rings. The van der Waals surface area contributed by atoms with Crippen LogP contribution in [0.1, 0.15) is 18.8 Å². The Morgan fingerprint density at radius 1 is 1.15 bits per heavy atom. The summed E-state index contributed by atoms with van der Waals surface area (Å²) in [6, 6.07) is 14.6. The number of rotatable bonds is 4. The monoisotopic (exact) mass is 347 g/mol. The summed E-state index contributed by atoms with van der Waals surface area (Å²) in [5.41, 5.74) is 2.76. The Hall–Kier alpha value is -3.48. The molecule has 1 amide bonds. The minimum absolute atomic E-state index is 0.0769. The first-order chi connectivity index (χ1) is 12.6. The van der Waals surface area contributed by atoms with Crippen LogP contribution >= 0.6 is 0 Å². The molecule has 4 aromatic rings. The molecule has 130 valence electrons. The molecule has 7 nitrogen and oxygen atoms in total. The summed E-state index contributed by atoms with van der Waals surface area (Å²) in [5, 5.41) is 2.88. The average Bonchev–Trinajstić information content (AvgIpc) is 3.08. The first kappa shape index (κ1) is 16.0. The quantitative estimate of drug-likeness (QED) is 0.592. The van der Waals surface area contributed by atoms with Gasteiger partial charge in [-0.2, -0.15) is 0 Å². The molecule has 7 heteroatoms. The van der Waals surface area contributed by atoms with Crippen molar-refractivity contribution in [2.24, 2.45) is 0 Å². The summed E-state index contributed by atoms with van der Waals surface area (Å²) in [6.45, 7) is 1.77. The van der Waals surface area contributed by atoms with Crippen molar-refractivity contribution >= 4 is 28.0 Å². The van der Waals surface area contributed by atoms with Gasteiger partial charge in [0.2, 0.25) is 5.91 Å². The van der Waals surface area contributed by atoms with Crippen molar-refractivity contribution in [2.45, 2.75) is 19.5 Å². The number of imidazole rings is 1. The maximum absolute atomic E-state index is 12.5. The van der Waals surface area contributed by atoms with E-state index in [2.05, 4.69) is 20.3 Å². The molecule has 26 heavy (non-hydrogen) atoms. The molecule has 0 bridgehead atoms. The van der Waals surface area contributed by atoms with Gasteiger partial charge >= 0.3 is 0 Å². The van der Waals surface area contributed by atoms with Crippen molar-refractivity contribution in [1.82, 2.24) is 24.8 Å². The normalized spacial score (nSPS) is 12.3. The third kappa shape index (κ3) is 2.95. The molecule has 0 saturated heterocycles. The number of fused-ring (bicyclic) bond motifs is 2. The number of nitrogens with one attached hydrogen (secondary N) is 2. The van der Waals surface area contributed by atoms with Gasteiger partial charge < -0.3 is 10.3 Å². The summed E-state index contributed by atoms with van der Waals surface area (Å²) in [5.74, 6) is 0.405. The third-order valence-electron chi connectivity index (χ3n) is 4.25. The number of para-hydroxylation sites is 4. The van der Waals surface area contributed by atoms with Crippen LogP contribution in [-0.4, -0.2) is 25.4 Å². The molecule has 2 heterocycles. The van der Waals surface area contributed by atoms with Crippen molar-refractivity contribution < 1.29 is 4.79 Å². The SMILES string of the molecule is C[C@H](NC(=O)Cn1c(=O)cnc2ccccc21)c1nc2ccccc2[nH]1. The Kier molecular flexibility index (Phi) is 3.96. The molecule has 0 radical (unpaired) electrons. The lowest BCUT2D eigenvalue weighted by molar-refractivity contribution is -0.122. The van der Waals surface area contributed by atoms with Gasteiger partial charge in [-0.05, 0) is 31.2 Å². The molecule has 2 N–H and O–H groups in total. The van der Waals surface area contributed by atoms with Gasteiger partial charge in [0.25, 0.3) is 5.56 Å². The highest BCUT2D eigenvalue weighted by atomic mass is 16.2. The number of carbonyl (C=O) groups excluding carboxylic acids is 1. The van der Waals surface area contributed by atoms with Gasteiger partial charge in [0, 0.05) is 0 Å². The van der Waals surface area contributed by atoms with Crippen LogP contribution in [0.15, 0.2) is 59.5 Å². The van der Waals surface area contributed by atoms with Crippen LogP contribution in [0.25, 0.3) is 22.1 Å². The van der Waals surface area contributed by atoms with Crippen molar-refractivity contribution in [1.29, 1.82) is 0 Å². The van der Waals surface area contributed by atoms with E-state index in [1.807, 2.05) is 43.3 Å². The number of nitrogens with zero attached hydrogens (tertiary/aromatic N) is 3. The van der Waals surface area contributed by atoms with Crippen molar-refractivity contribution in [3.8, 4) is 0 Å². The fraction of sp³-hybridized carbons (Fsp3) is 0.158. The van der Waals surface area contributed by atoms with Gasteiger partial charge in [0.05, 0.1) is 34.3 Å². The van der Waals surface area contributed by atoms with Gasteiger partial charge in [-0.25, -0.2) is 9.97 Å². The molecular formula is C19H17N5O2. The standard InChI is InChI=1S/C19H17N5O2/c1-12(19-22-13-6-2-3-7-14(13)23-19)21-17(25)11-24-16-9-5-4-8-15(16)20-10-18(24)26/h2-10,12H,11H2,1H3,(H,21,25)(H,22,23)/t12-/m0/s1. The predicted octanol–water partition coefficient (Wildman–Crippen LogP) is 2.15. The third-order valence-corrected chi connectivity index (χ3v) is 4.25. The molecule has 1 atom stereocenters. The number of H-pyrrole nitrogens is 1. The number of carbonyl (C=O) groups is 1. The van der Waals surface area contributed by atoms with Crippen LogP contribution in [0.2, 0.25) is 0 Å². The molecule has 0 saturated carbocycles. The van der Waals surface area contributed by atoms with E-state index in [1.165, 1.54) is 10.8 Å². The molecule has 2 aromatic heterocycles. The Morgan fingerprint density at radius 3 is 2.69 bits per heavy atom. The van der Waals surface area contributed by atoms with Crippen LogP contribution in [0.4, 0.5) is 0 Å². The Morgan fingerprint density at radius 2 is 1.88 bits per heavy atom. The van der Waals surface area contributed by atoms with Crippen LogP contribution in [0, 0.1) is 0 Å². The van der Waals surface area contributed by atoms with Crippen LogP contribution in [0.3, 0.4) is 0 Å². The highest BCUT2D eigenvalue weighted by Gasteiger charge is 2.15. The number of amides is 1. The van der Waals surface area contributed by atoms with Gasteiger partial charge in [-0.1, -0.05) is 24.3 Å². The van der Waals surface area contributed by atoms with E-state index in [0.29, 0.717) is 16.9 Å². The molecule has 0 aliphatic carbocycles. The van der Waals surface area contributed by atoms with E-state index in [9.17, 15) is 9.59 Å². The molecule has 4 rings (SSSR count). The van der Waals surface area contributed by atoms with Gasteiger partial charge in [0.15, 0.2) is 0 Å². The second kappa shape index (κ2) is 6.44. The zero-order valence-corrected chi connectivity index (χ0v) is 14.1. The summed E-state index contributed by atoms with van der Waals surface area (Å²) in [4.78, 5) is 36.4. The highest BCUT2D eigenvalue weighted by molar-refractivity contribution is 5.80. The molecule has 0 aliphatic rings. The van der Waals surface area contributed by atoms with Gasteiger partial charge in [-0.3, -0.25) is 14.2 Å². The van der Waals surface area contributed by atoms with Crippen molar-refractivity contribution in [3.05, 3.63) is 70.9 Å². The van der Waals surface area contributed by atoms with E-state index < -0.39 is 0 Å². The summed E-state index contributed by atoms with van der Waals surface area (Å²) >= 11 is 0. The smallest absolute Gasteiger partial charge is 0.269 e. The van der Waals surface area contributed by atoms with Gasteiger partial charge in [-0.15, -0.1) is 0 Å². The second-order valence-corrected chi connectivity index (χ2v) is 6.10. The number of hydrogen-bond acceptors (Lipinski definition) is 4. The maximum Gasteiger partial charge on any atom is 0.269 e. The fourth-order valence-electron chi connectivity index (χ4n) is 2.95. The van der Waals surface area contributed by atoms with Crippen molar-refractivity contribution in [2.75, 3.05) is 0 Å². The largest absolute Gasteiger partial charge is 0.345 e. The van der Waals surface area contributed by atoms with Gasteiger partial charge in [0.1, 0.15) is 12.4 Å². The highest BCUT2D eigenvalue weighted by Crippen LogP contribution is 2.15. The fourth-order valence-corrected chi connectivity index (χ4v) is 2.95. The van der Waals surface area contributed by atoms with Crippen LogP contribution in [0.5, 0.6) is 0 Å². The summed E-state index contributed by atoms with van der Waals surface area (Å²) in [6.07, 6.45) is 1.23. The van der Waals surface area contributed by atoms with E-state index in [0.717, 1.165) is 11.0 Å². The number of aromatic amines is 1. The molecule has 0 aliphatic heterocycles. The first-order valence-corrected chi connectivity index (χ1v) is 8.30. The lowest BCUT2D eigenvalue weighted by Crippen LogP contribution is -2.34. The summed E-state index contributed by atoms with van der Waals surface area (Å²) in [7, 11) is 0. The topological polar surface area (TPSA) is 92.7 Å². The number of benzene rings is 2. The van der Waals surface area contributed by atoms with E-state index >= 15 is 0 Å². The number of hydrogen-bond donors (Lipinski definition) is 2. The Labute approximate surface area is 148 Å². The summed E-state index contributed by atoms with van der Waals surface area (Å²) < 4.78 is 1.42. The zero-order valence-electron chi connectivity index (χ0n) is 14.1. The predicted molar refractivity (Wildman–Crippen MR) is 98.7 cm³/mol. The first-order valence-electron chi connectivity index (χ1n) is 8.30. The van der Waals surface area contributed by atoms with Crippen LogP contribution < -0.4 is 10.9 Å². The van der Waals surface area contributed by atoms with Crippen LogP contribution in [-0.2, 0) is 11.3 Å². The van der Waals surface area contributed by atoms with E-state index in [1.54, 1.807) is 12.1 Å². The zero-order chi connectivity index (χ0) is 18.1. The lowest BCUT2D eigenvalue weighted by Gasteiger charge is -2.13. The van der Waals surface area contributed by atoms with Crippen molar-refractivity contribution in [3.63, 3.8) is 0 Å². The minimum atomic E-state index is -0.310.